The molecule has 0 unspecified atom stereocenters. The van der Waals surface area contributed by atoms with E-state index in [9.17, 15) is 0 Å². The maximum absolute atomic E-state index is 5.83. The van der Waals surface area contributed by atoms with Crippen LogP contribution in [0.2, 0.25) is 0 Å². The Morgan fingerprint density at radius 3 is 2.79 bits per heavy atom. The molecule has 0 aliphatic heterocycles. The summed E-state index contributed by atoms with van der Waals surface area (Å²) in [6.07, 6.45) is 3.42. The molecule has 0 saturated heterocycles. The van der Waals surface area contributed by atoms with Crippen molar-refractivity contribution in [2.45, 2.75) is 6.92 Å². The highest BCUT2D eigenvalue weighted by molar-refractivity contribution is 5.73. The van der Waals surface area contributed by atoms with E-state index in [0.29, 0.717) is 5.69 Å². The van der Waals surface area contributed by atoms with Crippen molar-refractivity contribution >= 4 is 5.69 Å². The zero-order chi connectivity index (χ0) is 10.1. The number of hydrogen-bond donors (Lipinski definition) is 1. The van der Waals surface area contributed by atoms with Gasteiger partial charge in [0.25, 0.3) is 0 Å². The van der Waals surface area contributed by atoms with E-state index in [1.807, 2.05) is 26.1 Å². The lowest BCUT2D eigenvalue weighted by molar-refractivity contribution is 0.775. The van der Waals surface area contributed by atoms with Gasteiger partial charge in [-0.3, -0.25) is 9.67 Å². The quantitative estimate of drug-likeness (QED) is 0.735. The van der Waals surface area contributed by atoms with Crippen molar-refractivity contribution in [2.75, 3.05) is 5.73 Å². The number of nitrogens with zero attached hydrogens (tertiary/aromatic N) is 3. The standard InChI is InChI=1S/C10H12N4/c1-7-8(4-3-5-12-7)10-9(11)6-13-14(10)2/h3-6H,11H2,1-2H3. The highest BCUT2D eigenvalue weighted by Crippen LogP contribution is 2.26. The minimum atomic E-state index is 0.684. The first kappa shape index (κ1) is 8.74. The van der Waals surface area contributed by atoms with Crippen LogP contribution >= 0.6 is 0 Å². The van der Waals surface area contributed by atoms with Gasteiger partial charge in [-0.2, -0.15) is 5.10 Å². The summed E-state index contributed by atoms with van der Waals surface area (Å²) in [6, 6.07) is 3.89. The lowest BCUT2D eigenvalue weighted by atomic mass is 10.1. The number of nitrogens with two attached hydrogens (primary N) is 1. The van der Waals surface area contributed by atoms with Gasteiger partial charge in [0.05, 0.1) is 17.6 Å². The number of anilines is 1. The SMILES string of the molecule is Cc1ncccc1-c1c(N)cnn1C. The van der Waals surface area contributed by atoms with Crippen LogP contribution in [0.1, 0.15) is 5.69 Å². The smallest absolute Gasteiger partial charge is 0.0926 e. The van der Waals surface area contributed by atoms with Crippen molar-refractivity contribution in [3.8, 4) is 11.3 Å². The summed E-state index contributed by atoms with van der Waals surface area (Å²) < 4.78 is 1.76. The predicted octanol–water partition coefficient (Wildman–Crippen LogP) is 1.37. The van der Waals surface area contributed by atoms with Crippen LogP contribution in [0.5, 0.6) is 0 Å². The fourth-order valence-electron chi connectivity index (χ4n) is 1.52. The van der Waals surface area contributed by atoms with Crippen LogP contribution in [0.15, 0.2) is 24.5 Å². The number of nitrogen functional groups attached to an aromatic ring is 1. The summed E-state index contributed by atoms with van der Waals surface area (Å²) in [6.45, 7) is 1.96. The van der Waals surface area contributed by atoms with E-state index < -0.39 is 0 Å². The minimum Gasteiger partial charge on any atom is -0.396 e. The Morgan fingerprint density at radius 2 is 2.21 bits per heavy atom. The minimum absolute atomic E-state index is 0.684. The number of pyridine rings is 1. The Kier molecular flexibility index (Phi) is 1.96. The largest absolute Gasteiger partial charge is 0.396 e. The molecule has 0 amide bonds. The van der Waals surface area contributed by atoms with Crippen LogP contribution in [-0.4, -0.2) is 14.8 Å². The Labute approximate surface area is 82.4 Å². The third-order valence-corrected chi connectivity index (χ3v) is 2.23. The van der Waals surface area contributed by atoms with Crippen LogP contribution in [-0.2, 0) is 7.05 Å². The van der Waals surface area contributed by atoms with Crippen LogP contribution in [0.4, 0.5) is 5.69 Å². The van der Waals surface area contributed by atoms with E-state index in [0.717, 1.165) is 17.0 Å². The number of aryl methyl sites for hydroxylation is 2. The van der Waals surface area contributed by atoms with E-state index >= 15 is 0 Å². The molecule has 2 aromatic heterocycles. The molecule has 0 atom stereocenters. The van der Waals surface area contributed by atoms with Gasteiger partial charge in [0.15, 0.2) is 0 Å². The van der Waals surface area contributed by atoms with E-state index in [1.54, 1.807) is 17.1 Å². The summed E-state index contributed by atoms with van der Waals surface area (Å²) >= 11 is 0. The highest BCUT2D eigenvalue weighted by atomic mass is 15.3. The highest BCUT2D eigenvalue weighted by Gasteiger charge is 2.10. The molecular weight excluding hydrogens is 176 g/mol. The third-order valence-electron chi connectivity index (χ3n) is 2.23. The van der Waals surface area contributed by atoms with Crippen molar-refractivity contribution in [3.63, 3.8) is 0 Å². The van der Waals surface area contributed by atoms with Crippen molar-refractivity contribution < 1.29 is 0 Å². The van der Waals surface area contributed by atoms with Gasteiger partial charge in [0.2, 0.25) is 0 Å². The molecule has 0 aromatic carbocycles. The monoisotopic (exact) mass is 188 g/mol. The van der Waals surface area contributed by atoms with E-state index in [2.05, 4.69) is 10.1 Å². The van der Waals surface area contributed by atoms with E-state index in [1.165, 1.54) is 0 Å². The molecule has 72 valence electrons. The average Bonchev–Trinajstić information content (AvgIpc) is 2.48. The maximum Gasteiger partial charge on any atom is 0.0926 e. The zero-order valence-corrected chi connectivity index (χ0v) is 8.23. The van der Waals surface area contributed by atoms with Gasteiger partial charge in [-0.05, 0) is 19.1 Å². The Hall–Kier alpha value is -1.84. The van der Waals surface area contributed by atoms with Crippen LogP contribution in [0, 0.1) is 6.92 Å². The fraction of sp³-hybridized carbons (Fsp3) is 0.200. The molecule has 2 rings (SSSR count). The third kappa shape index (κ3) is 1.25. The van der Waals surface area contributed by atoms with Gasteiger partial charge in [0, 0.05) is 24.5 Å². The Balaban J connectivity index is 2.66. The zero-order valence-electron chi connectivity index (χ0n) is 8.23. The molecule has 0 spiro atoms. The van der Waals surface area contributed by atoms with Gasteiger partial charge >= 0.3 is 0 Å². The lowest BCUT2D eigenvalue weighted by Crippen LogP contribution is -1.98. The lowest BCUT2D eigenvalue weighted by Gasteiger charge is -2.05. The second-order valence-corrected chi connectivity index (χ2v) is 3.21. The fourth-order valence-corrected chi connectivity index (χ4v) is 1.52. The van der Waals surface area contributed by atoms with Gasteiger partial charge in [-0.15, -0.1) is 0 Å². The first-order chi connectivity index (χ1) is 6.70. The number of rotatable bonds is 1. The molecule has 4 heteroatoms. The van der Waals surface area contributed by atoms with Crippen molar-refractivity contribution in [3.05, 3.63) is 30.2 Å². The van der Waals surface area contributed by atoms with Gasteiger partial charge in [-0.1, -0.05) is 0 Å². The average molecular weight is 188 g/mol. The van der Waals surface area contributed by atoms with Crippen LogP contribution < -0.4 is 5.73 Å². The molecule has 14 heavy (non-hydrogen) atoms. The van der Waals surface area contributed by atoms with Gasteiger partial charge in [0.1, 0.15) is 0 Å². The van der Waals surface area contributed by atoms with Gasteiger partial charge in [-0.25, -0.2) is 0 Å². The number of hydrogen-bond acceptors (Lipinski definition) is 3. The molecule has 2 aromatic rings. The number of aromatic nitrogens is 3. The molecule has 0 radical (unpaired) electrons. The maximum atomic E-state index is 5.83. The summed E-state index contributed by atoms with van der Waals surface area (Å²) in [4.78, 5) is 4.22. The molecule has 0 saturated carbocycles. The second-order valence-electron chi connectivity index (χ2n) is 3.21. The predicted molar refractivity (Wildman–Crippen MR) is 55.6 cm³/mol. The first-order valence-corrected chi connectivity index (χ1v) is 4.39. The van der Waals surface area contributed by atoms with Crippen molar-refractivity contribution in [2.24, 2.45) is 7.05 Å². The molecule has 0 aliphatic rings. The summed E-state index contributed by atoms with van der Waals surface area (Å²) in [5.41, 5.74) is 9.43. The first-order valence-electron chi connectivity index (χ1n) is 4.39. The molecular formula is C10H12N4. The molecule has 2 heterocycles. The molecule has 4 nitrogen and oxygen atoms in total. The Morgan fingerprint density at radius 1 is 1.43 bits per heavy atom. The summed E-state index contributed by atoms with van der Waals surface area (Å²) in [5, 5.41) is 4.10. The molecule has 2 N–H and O–H groups in total. The van der Waals surface area contributed by atoms with Crippen molar-refractivity contribution in [1.29, 1.82) is 0 Å². The van der Waals surface area contributed by atoms with Gasteiger partial charge < -0.3 is 5.73 Å². The molecule has 0 aliphatic carbocycles. The van der Waals surface area contributed by atoms with Crippen LogP contribution in [0.25, 0.3) is 11.3 Å². The second kappa shape index (κ2) is 3.14. The summed E-state index contributed by atoms with van der Waals surface area (Å²) in [5.74, 6) is 0. The molecule has 0 fully saturated rings. The Bertz CT molecular complexity index is 439. The summed E-state index contributed by atoms with van der Waals surface area (Å²) in [7, 11) is 1.87. The van der Waals surface area contributed by atoms with Crippen LogP contribution in [0.3, 0.4) is 0 Å². The normalized spacial score (nSPS) is 10.4. The van der Waals surface area contributed by atoms with E-state index in [4.69, 9.17) is 5.73 Å². The molecule has 0 bridgehead atoms. The topological polar surface area (TPSA) is 56.7 Å². The van der Waals surface area contributed by atoms with E-state index in [-0.39, 0.29) is 0 Å². The van der Waals surface area contributed by atoms with Crippen molar-refractivity contribution in [1.82, 2.24) is 14.8 Å².